The molecule has 2 aliphatic heterocycles. The van der Waals surface area contributed by atoms with Gasteiger partial charge in [0.15, 0.2) is 16.6 Å². The smallest absolute Gasteiger partial charge is 0.257 e. The van der Waals surface area contributed by atoms with Gasteiger partial charge < -0.3 is 14.4 Å². The zero-order valence-corrected chi connectivity index (χ0v) is 18.6. The van der Waals surface area contributed by atoms with Crippen LogP contribution in [-0.2, 0) is 4.79 Å². The van der Waals surface area contributed by atoms with Crippen LogP contribution in [0.2, 0.25) is 0 Å². The molecule has 0 bridgehead atoms. The van der Waals surface area contributed by atoms with E-state index in [1.165, 1.54) is 0 Å². The van der Waals surface area contributed by atoms with E-state index in [2.05, 4.69) is 15.9 Å². The topological polar surface area (TPSA) is 42.0 Å². The Morgan fingerprint density at radius 3 is 2.64 bits per heavy atom. The molecule has 0 spiro atoms. The molecule has 28 heavy (non-hydrogen) atoms. The van der Waals surface area contributed by atoms with Crippen LogP contribution in [0.15, 0.2) is 46.9 Å². The Morgan fingerprint density at radius 2 is 1.96 bits per heavy atom. The number of carbonyl (C=O) groups is 1. The summed E-state index contributed by atoms with van der Waals surface area (Å²) < 4.78 is 12.1. The average Bonchev–Trinajstić information content (AvgIpc) is 3.24. The Labute approximate surface area is 182 Å². The molecule has 2 heterocycles. The van der Waals surface area contributed by atoms with Gasteiger partial charge in [-0.25, -0.2) is 0 Å². The van der Waals surface area contributed by atoms with Crippen molar-refractivity contribution in [3.63, 3.8) is 0 Å². The van der Waals surface area contributed by atoms with Gasteiger partial charge in [-0.15, -0.1) is 11.8 Å². The summed E-state index contributed by atoms with van der Waals surface area (Å²) in [6, 6.07) is 13.3. The first kappa shape index (κ1) is 19.5. The summed E-state index contributed by atoms with van der Waals surface area (Å²) >= 11 is 10.9. The Kier molecular flexibility index (Phi) is 5.53. The molecule has 0 radical (unpaired) electrons. The number of halogens is 1. The maximum absolute atomic E-state index is 13.0. The van der Waals surface area contributed by atoms with Crippen molar-refractivity contribution in [1.29, 1.82) is 0 Å². The quantitative estimate of drug-likeness (QED) is 0.584. The summed E-state index contributed by atoms with van der Waals surface area (Å²) in [6.45, 7) is 2.51. The van der Waals surface area contributed by atoms with Gasteiger partial charge in [-0.1, -0.05) is 22.0 Å². The molecule has 4 rings (SSSR count). The normalized spacial score (nSPS) is 21.2. The third-order valence-electron chi connectivity index (χ3n) is 4.78. The molecular weight excluding hydrogens is 460 g/mol. The third kappa shape index (κ3) is 3.27. The van der Waals surface area contributed by atoms with Crippen molar-refractivity contribution in [2.24, 2.45) is 0 Å². The number of methoxy groups -OCH3 is 1. The van der Waals surface area contributed by atoms with Crippen molar-refractivity contribution >= 4 is 56.6 Å². The molecule has 0 aromatic heterocycles. The maximum atomic E-state index is 13.0. The Bertz CT molecular complexity index is 922. The molecular formula is C20H19BrN2O3S2. The van der Waals surface area contributed by atoms with Crippen molar-refractivity contribution < 1.29 is 14.3 Å². The predicted molar refractivity (Wildman–Crippen MR) is 119 cm³/mol. The summed E-state index contributed by atoms with van der Waals surface area (Å²) in [5, 5.41) is 0.506. The molecule has 5 nitrogen and oxygen atoms in total. The van der Waals surface area contributed by atoms with Crippen LogP contribution in [0, 0.1) is 0 Å². The number of fused-ring (bicyclic) bond motifs is 1. The molecule has 0 unspecified atom stereocenters. The van der Waals surface area contributed by atoms with Gasteiger partial charge in [-0.2, -0.15) is 0 Å². The molecule has 2 saturated heterocycles. The highest BCUT2D eigenvalue weighted by Gasteiger charge is 2.50. The van der Waals surface area contributed by atoms with Gasteiger partial charge in [0.05, 0.1) is 19.4 Å². The molecule has 0 saturated carbocycles. The molecule has 2 atom stereocenters. The van der Waals surface area contributed by atoms with E-state index in [1.807, 2.05) is 54.3 Å². The predicted octanol–water partition coefficient (Wildman–Crippen LogP) is 4.60. The molecule has 2 aliphatic rings. The molecule has 146 valence electrons. The second kappa shape index (κ2) is 7.93. The van der Waals surface area contributed by atoms with Crippen molar-refractivity contribution in [3.8, 4) is 11.5 Å². The van der Waals surface area contributed by atoms with E-state index in [0.29, 0.717) is 29.0 Å². The monoisotopic (exact) mass is 478 g/mol. The number of anilines is 1. The summed E-state index contributed by atoms with van der Waals surface area (Å²) in [5.74, 6) is 2.13. The SMILES string of the molecule is CCOc1ccc([C@H]2SC[C@H]3C(=O)N(c4ccc(Br)cc4)C(=S)N23)cc1OC. The highest BCUT2D eigenvalue weighted by molar-refractivity contribution is 9.10. The summed E-state index contributed by atoms with van der Waals surface area (Å²) in [7, 11) is 1.63. The van der Waals surface area contributed by atoms with Gasteiger partial charge in [0.1, 0.15) is 11.4 Å². The zero-order chi connectivity index (χ0) is 19.8. The lowest BCUT2D eigenvalue weighted by Crippen LogP contribution is -2.33. The van der Waals surface area contributed by atoms with E-state index < -0.39 is 0 Å². The van der Waals surface area contributed by atoms with E-state index in [4.69, 9.17) is 21.7 Å². The number of amides is 1. The number of rotatable bonds is 5. The number of ether oxygens (including phenoxy) is 2. The van der Waals surface area contributed by atoms with Crippen molar-refractivity contribution in [2.45, 2.75) is 18.3 Å². The van der Waals surface area contributed by atoms with Crippen molar-refractivity contribution in [2.75, 3.05) is 24.4 Å². The maximum Gasteiger partial charge on any atom is 0.257 e. The van der Waals surface area contributed by atoms with Gasteiger partial charge in [-0.05, 0) is 61.1 Å². The van der Waals surface area contributed by atoms with E-state index in [0.717, 1.165) is 15.7 Å². The lowest BCUT2D eigenvalue weighted by atomic mass is 10.1. The van der Waals surface area contributed by atoms with Gasteiger partial charge in [0.2, 0.25) is 0 Å². The van der Waals surface area contributed by atoms with E-state index in [9.17, 15) is 4.79 Å². The van der Waals surface area contributed by atoms with Gasteiger partial charge in [0, 0.05) is 10.2 Å². The van der Waals surface area contributed by atoms with Crippen LogP contribution in [0.25, 0.3) is 0 Å². The van der Waals surface area contributed by atoms with Gasteiger partial charge >= 0.3 is 0 Å². The minimum absolute atomic E-state index is 0.0280. The van der Waals surface area contributed by atoms with Crippen LogP contribution in [-0.4, -0.2) is 41.4 Å². The van der Waals surface area contributed by atoms with E-state index >= 15 is 0 Å². The third-order valence-corrected chi connectivity index (χ3v) is 7.02. The molecule has 2 aromatic rings. The van der Waals surface area contributed by atoms with E-state index in [-0.39, 0.29) is 17.3 Å². The molecule has 8 heteroatoms. The number of carbonyl (C=O) groups excluding carboxylic acids is 1. The summed E-state index contributed by atoms with van der Waals surface area (Å²) in [6.07, 6.45) is 0. The van der Waals surface area contributed by atoms with Crippen molar-refractivity contribution in [1.82, 2.24) is 4.90 Å². The molecule has 0 aliphatic carbocycles. The number of thiocarbonyl (C=S) groups is 1. The Hall–Kier alpha value is -1.77. The largest absolute Gasteiger partial charge is 0.493 e. The van der Waals surface area contributed by atoms with Crippen LogP contribution < -0.4 is 14.4 Å². The van der Waals surface area contributed by atoms with Crippen LogP contribution in [0.3, 0.4) is 0 Å². The standard InChI is InChI=1S/C20H19BrN2O3S2/c1-3-26-16-9-4-12(10-17(16)25-2)19-23-15(11-28-19)18(24)22(20(23)27)14-7-5-13(21)6-8-14/h4-10,15,19H,3,11H2,1-2H3/t15-,19+/m0/s1. The molecule has 2 fully saturated rings. The number of hydrogen-bond donors (Lipinski definition) is 0. The number of benzene rings is 2. The minimum Gasteiger partial charge on any atom is -0.493 e. The van der Waals surface area contributed by atoms with Crippen molar-refractivity contribution in [3.05, 3.63) is 52.5 Å². The lowest BCUT2D eigenvalue weighted by molar-refractivity contribution is -0.119. The molecule has 1 amide bonds. The second-order valence-corrected chi connectivity index (χ2v) is 8.78. The highest BCUT2D eigenvalue weighted by Crippen LogP contribution is 2.47. The fraction of sp³-hybridized carbons (Fsp3) is 0.300. The number of nitrogens with zero attached hydrogens (tertiary/aromatic N) is 2. The van der Waals surface area contributed by atoms with Crippen LogP contribution in [0.4, 0.5) is 5.69 Å². The van der Waals surface area contributed by atoms with Crippen LogP contribution in [0.1, 0.15) is 17.9 Å². The first-order chi connectivity index (χ1) is 13.5. The van der Waals surface area contributed by atoms with Crippen LogP contribution >= 0.6 is 39.9 Å². The highest BCUT2D eigenvalue weighted by atomic mass is 79.9. The van der Waals surface area contributed by atoms with E-state index in [1.54, 1.807) is 23.8 Å². The second-order valence-electron chi connectivity index (χ2n) is 6.38. The summed E-state index contributed by atoms with van der Waals surface area (Å²) in [4.78, 5) is 16.7. The average molecular weight is 479 g/mol. The molecule has 0 N–H and O–H groups in total. The van der Waals surface area contributed by atoms with Crippen LogP contribution in [0.5, 0.6) is 11.5 Å². The first-order valence-electron chi connectivity index (χ1n) is 8.89. The Morgan fingerprint density at radius 1 is 1.21 bits per heavy atom. The number of thioether (sulfide) groups is 1. The number of hydrogen-bond acceptors (Lipinski definition) is 5. The minimum atomic E-state index is -0.247. The lowest BCUT2D eigenvalue weighted by Gasteiger charge is -2.26. The first-order valence-corrected chi connectivity index (χ1v) is 11.1. The fourth-order valence-electron chi connectivity index (χ4n) is 3.49. The Balaban J connectivity index is 1.65. The zero-order valence-electron chi connectivity index (χ0n) is 15.4. The fourth-order valence-corrected chi connectivity index (χ4v) is 5.66. The van der Waals surface area contributed by atoms with Gasteiger partial charge in [0.25, 0.3) is 5.91 Å². The molecule has 2 aromatic carbocycles. The van der Waals surface area contributed by atoms with Gasteiger partial charge in [-0.3, -0.25) is 9.69 Å². The summed E-state index contributed by atoms with van der Waals surface area (Å²) in [5.41, 5.74) is 1.83.